The summed E-state index contributed by atoms with van der Waals surface area (Å²) in [5.41, 5.74) is 4.86. The number of halogens is 2. The lowest BCUT2D eigenvalue weighted by Gasteiger charge is -2.19. The second-order valence-electron chi connectivity index (χ2n) is 11.2. The monoisotopic (exact) mass is 708 g/mol. The molecule has 0 bridgehead atoms. The first-order valence-electron chi connectivity index (χ1n) is 15.0. The van der Waals surface area contributed by atoms with Crippen LogP contribution in [-0.4, -0.2) is 20.2 Å². The lowest BCUT2D eigenvalue weighted by molar-refractivity contribution is 0.445. The molecule has 0 amide bonds. The van der Waals surface area contributed by atoms with Crippen LogP contribution in [-0.2, 0) is 0 Å². The van der Waals surface area contributed by atoms with Gasteiger partial charge in [0.1, 0.15) is 11.5 Å². The van der Waals surface area contributed by atoms with E-state index in [-0.39, 0.29) is 17.4 Å². The number of benzene rings is 5. The molecule has 8 rings (SSSR count). The Kier molecular flexibility index (Phi) is 9.39. The van der Waals surface area contributed by atoms with Gasteiger partial charge in [-0.2, -0.15) is 0 Å². The van der Waals surface area contributed by atoms with Gasteiger partial charge in [0.15, 0.2) is 0 Å². The summed E-state index contributed by atoms with van der Waals surface area (Å²) < 4.78 is 1.97. The predicted octanol–water partition coefficient (Wildman–Crippen LogP) is 11.6. The second kappa shape index (κ2) is 13.7. The standard InChI is InChI=1S/C23H16Br2N2O2.C10H8.C5H10/c24-12-1-5-20-16(7-12)18(10-26-20)23(15-4-3-14(28)9-22(15)29)19-11-27-21-6-2-13(25)8-17(19)21;1-2-6-10-8-4-3-7-9(10)5-1;1-2-4-5-3-1/h1-11,23,26-29H;1-8H;1-5H2. The highest BCUT2D eigenvalue weighted by Crippen LogP contribution is 2.43. The van der Waals surface area contributed by atoms with Crippen LogP contribution in [0.25, 0.3) is 32.6 Å². The van der Waals surface area contributed by atoms with Crippen LogP contribution < -0.4 is 0 Å². The van der Waals surface area contributed by atoms with Gasteiger partial charge in [-0.3, -0.25) is 0 Å². The Morgan fingerprint density at radius 3 is 1.41 bits per heavy atom. The van der Waals surface area contributed by atoms with Crippen LogP contribution in [0.3, 0.4) is 0 Å². The van der Waals surface area contributed by atoms with Crippen molar-refractivity contribution in [3.8, 4) is 11.5 Å². The quantitative estimate of drug-likeness (QED) is 0.147. The topological polar surface area (TPSA) is 72.0 Å². The lowest BCUT2D eigenvalue weighted by atomic mass is 9.84. The number of hydrogen-bond donors (Lipinski definition) is 4. The Balaban J connectivity index is 0.000000186. The summed E-state index contributed by atoms with van der Waals surface area (Å²) in [6.07, 6.45) is 11.5. The van der Waals surface area contributed by atoms with Crippen LogP contribution in [0.1, 0.15) is 54.7 Å². The van der Waals surface area contributed by atoms with Gasteiger partial charge in [0, 0.05) is 60.7 Å². The maximum Gasteiger partial charge on any atom is 0.123 e. The second-order valence-corrected chi connectivity index (χ2v) is 13.0. The molecule has 222 valence electrons. The minimum absolute atomic E-state index is 0.0355. The molecule has 1 aliphatic rings. The first kappa shape index (κ1) is 30.0. The smallest absolute Gasteiger partial charge is 0.123 e. The zero-order valence-electron chi connectivity index (χ0n) is 24.2. The van der Waals surface area contributed by atoms with E-state index in [9.17, 15) is 10.2 Å². The summed E-state index contributed by atoms with van der Waals surface area (Å²) in [6, 6.07) is 33.7. The van der Waals surface area contributed by atoms with Crippen molar-refractivity contribution in [2.24, 2.45) is 0 Å². The zero-order valence-corrected chi connectivity index (χ0v) is 27.4. The third-order valence-corrected chi connectivity index (χ3v) is 9.19. The Bertz CT molecular complexity index is 1870. The molecule has 6 heteroatoms. The van der Waals surface area contributed by atoms with Crippen LogP contribution in [0.15, 0.2) is 124 Å². The Hall–Kier alpha value is -4.00. The molecular weight excluding hydrogens is 676 g/mol. The molecule has 0 aliphatic heterocycles. The van der Waals surface area contributed by atoms with E-state index in [0.717, 1.165) is 47.4 Å². The van der Waals surface area contributed by atoms with E-state index < -0.39 is 0 Å². The summed E-state index contributed by atoms with van der Waals surface area (Å²) in [5, 5.41) is 25.3. The SMILES string of the molecule is C1CCCC1.Oc1ccc(C(c2c[nH]c3ccc(Br)cc23)c2c[nH]c3ccc(Br)cc23)c(O)c1.c1ccc2ccccc2c1. The van der Waals surface area contributed by atoms with Gasteiger partial charge in [0.2, 0.25) is 0 Å². The van der Waals surface area contributed by atoms with E-state index in [0.29, 0.717) is 0 Å². The molecule has 0 atom stereocenters. The number of nitrogens with one attached hydrogen (secondary N) is 2. The first-order valence-corrected chi connectivity index (χ1v) is 16.6. The van der Waals surface area contributed by atoms with Crippen LogP contribution in [0.4, 0.5) is 0 Å². The molecule has 5 aromatic carbocycles. The van der Waals surface area contributed by atoms with E-state index in [1.54, 1.807) is 12.1 Å². The summed E-state index contributed by atoms with van der Waals surface area (Å²) in [5.74, 6) is -0.140. The van der Waals surface area contributed by atoms with Gasteiger partial charge in [-0.1, -0.05) is 119 Å². The van der Waals surface area contributed by atoms with Gasteiger partial charge < -0.3 is 20.2 Å². The number of hydrogen-bond acceptors (Lipinski definition) is 2. The van der Waals surface area contributed by atoms with Gasteiger partial charge in [0.05, 0.1) is 0 Å². The van der Waals surface area contributed by atoms with Crippen molar-refractivity contribution in [2.45, 2.75) is 38.0 Å². The van der Waals surface area contributed by atoms with Gasteiger partial charge in [0.25, 0.3) is 0 Å². The third kappa shape index (κ3) is 6.72. The number of rotatable bonds is 3. The summed E-state index contributed by atoms with van der Waals surface area (Å²) >= 11 is 7.14. The molecule has 44 heavy (non-hydrogen) atoms. The largest absolute Gasteiger partial charge is 0.508 e. The average molecular weight is 711 g/mol. The number of aromatic hydroxyl groups is 2. The highest BCUT2D eigenvalue weighted by molar-refractivity contribution is 9.10. The molecule has 2 aromatic heterocycles. The highest BCUT2D eigenvalue weighted by Gasteiger charge is 2.26. The van der Waals surface area contributed by atoms with Crippen LogP contribution in [0, 0.1) is 0 Å². The molecule has 0 unspecified atom stereocenters. The third-order valence-electron chi connectivity index (χ3n) is 8.21. The molecule has 0 saturated heterocycles. The molecule has 4 nitrogen and oxygen atoms in total. The fraction of sp³-hybridized carbons (Fsp3) is 0.158. The van der Waals surface area contributed by atoms with Gasteiger partial charge >= 0.3 is 0 Å². The fourth-order valence-corrected chi connectivity index (χ4v) is 6.72. The Morgan fingerprint density at radius 1 is 0.523 bits per heavy atom. The van der Waals surface area contributed by atoms with E-state index in [1.807, 2.05) is 36.7 Å². The minimum Gasteiger partial charge on any atom is -0.508 e. The maximum absolute atomic E-state index is 10.7. The summed E-state index contributed by atoms with van der Waals surface area (Å²) in [7, 11) is 0. The molecule has 1 aliphatic carbocycles. The van der Waals surface area contributed by atoms with Crippen LogP contribution in [0.2, 0.25) is 0 Å². The zero-order chi connectivity index (χ0) is 30.5. The normalized spacial score (nSPS) is 12.7. The molecule has 4 N–H and O–H groups in total. The van der Waals surface area contributed by atoms with Crippen molar-refractivity contribution < 1.29 is 10.2 Å². The molecule has 2 heterocycles. The van der Waals surface area contributed by atoms with Crippen LogP contribution >= 0.6 is 31.9 Å². The number of aromatic nitrogens is 2. The van der Waals surface area contributed by atoms with Crippen molar-refractivity contribution in [3.63, 3.8) is 0 Å². The van der Waals surface area contributed by atoms with E-state index in [4.69, 9.17) is 0 Å². The fourth-order valence-electron chi connectivity index (χ4n) is 6.00. The van der Waals surface area contributed by atoms with Crippen molar-refractivity contribution in [1.82, 2.24) is 9.97 Å². The molecule has 0 radical (unpaired) electrons. The van der Waals surface area contributed by atoms with Crippen LogP contribution in [0.5, 0.6) is 11.5 Å². The van der Waals surface area contributed by atoms with Crippen molar-refractivity contribution in [1.29, 1.82) is 0 Å². The average Bonchev–Trinajstić information content (AvgIpc) is 3.82. The van der Waals surface area contributed by atoms with E-state index >= 15 is 0 Å². The highest BCUT2D eigenvalue weighted by atomic mass is 79.9. The molecular formula is C38H34Br2N2O2. The van der Waals surface area contributed by atoms with Gasteiger partial charge in [-0.25, -0.2) is 0 Å². The number of fused-ring (bicyclic) bond motifs is 3. The number of aromatic amines is 2. The Morgan fingerprint density at radius 2 is 0.977 bits per heavy atom. The van der Waals surface area contributed by atoms with Gasteiger partial charge in [-0.15, -0.1) is 0 Å². The first-order chi connectivity index (χ1) is 21.5. The van der Waals surface area contributed by atoms with E-state index in [1.165, 1.54) is 48.9 Å². The molecule has 1 fully saturated rings. The van der Waals surface area contributed by atoms with E-state index in [2.05, 4.69) is 102 Å². The molecule has 7 aromatic rings. The summed E-state index contributed by atoms with van der Waals surface area (Å²) in [4.78, 5) is 6.69. The van der Waals surface area contributed by atoms with Crippen molar-refractivity contribution >= 4 is 64.4 Å². The predicted molar refractivity (Wildman–Crippen MR) is 190 cm³/mol. The van der Waals surface area contributed by atoms with Crippen molar-refractivity contribution in [2.75, 3.05) is 0 Å². The number of phenols is 2. The molecule has 1 saturated carbocycles. The number of H-pyrrole nitrogens is 2. The van der Waals surface area contributed by atoms with Gasteiger partial charge in [-0.05, 0) is 64.4 Å². The lowest BCUT2D eigenvalue weighted by Crippen LogP contribution is -2.03. The maximum atomic E-state index is 10.7. The number of phenolic OH excluding ortho intramolecular Hbond substituents is 2. The minimum atomic E-state index is -0.235. The summed E-state index contributed by atoms with van der Waals surface area (Å²) in [6.45, 7) is 0. The Labute approximate surface area is 274 Å². The van der Waals surface area contributed by atoms with Crippen molar-refractivity contribution in [3.05, 3.63) is 141 Å². The molecule has 0 spiro atoms.